The fraction of sp³-hybridized carbons (Fsp3) is 0.143. The van der Waals surface area contributed by atoms with E-state index in [0.29, 0.717) is 33.2 Å². The van der Waals surface area contributed by atoms with Crippen LogP contribution in [0.5, 0.6) is 0 Å². The molecule has 10 heteroatoms. The Balaban J connectivity index is 2.85. The van der Waals surface area contributed by atoms with Crippen molar-refractivity contribution in [1.82, 2.24) is 0 Å². The van der Waals surface area contributed by atoms with Gasteiger partial charge in [-0.05, 0) is 34.4 Å². The smallest absolute Gasteiger partial charge is 0.317 e. The van der Waals surface area contributed by atoms with Gasteiger partial charge in [0.2, 0.25) is 0 Å². The Bertz CT molecular complexity index is 481. The van der Waals surface area contributed by atoms with E-state index in [2.05, 4.69) is 0 Å². The summed E-state index contributed by atoms with van der Waals surface area (Å²) in [5, 5.41) is 0. The van der Waals surface area contributed by atoms with Gasteiger partial charge < -0.3 is 19.6 Å². The summed E-state index contributed by atoms with van der Waals surface area (Å²) in [5.41, 5.74) is 0.481. The number of hydrogen-bond acceptors (Lipinski definition) is 4. The molecule has 0 bridgehead atoms. The zero-order valence-corrected chi connectivity index (χ0v) is 11.8. The van der Waals surface area contributed by atoms with Gasteiger partial charge in [-0.3, -0.25) is 0 Å². The molecular formula is C7H10O6P2S2. The van der Waals surface area contributed by atoms with Crippen molar-refractivity contribution in [3.8, 4) is 0 Å². The second-order valence-electron chi connectivity index (χ2n) is 2.95. The van der Waals surface area contributed by atoms with Crippen LogP contribution in [0.1, 0.15) is 5.56 Å². The molecule has 1 aromatic rings. The molecule has 0 saturated heterocycles. The Hall–Kier alpha value is 0.220. The maximum absolute atomic E-state index is 10.9. The largest absolute Gasteiger partial charge is 0.388 e. The summed E-state index contributed by atoms with van der Waals surface area (Å²) in [6.07, 6.45) is 0. The standard InChI is InChI=1S/C7H10O6P2S2/c8-14(9,10)16-5-6-3-1-2-4-7(6)17-15(11,12)13/h1-4H,5H2,(H2,8,9,10)(H2,11,12,13). The van der Waals surface area contributed by atoms with Crippen molar-refractivity contribution in [2.24, 2.45) is 0 Å². The molecule has 6 nitrogen and oxygen atoms in total. The van der Waals surface area contributed by atoms with Crippen LogP contribution in [0.25, 0.3) is 0 Å². The maximum Gasteiger partial charge on any atom is 0.388 e. The average molecular weight is 316 g/mol. The van der Waals surface area contributed by atoms with E-state index in [1.54, 1.807) is 18.2 Å². The van der Waals surface area contributed by atoms with E-state index in [-0.39, 0.29) is 5.75 Å². The molecule has 1 aromatic carbocycles. The molecule has 0 saturated carbocycles. The summed E-state index contributed by atoms with van der Waals surface area (Å²) in [5.74, 6) is -0.00650. The zero-order valence-electron chi connectivity index (χ0n) is 8.33. The molecule has 96 valence electrons. The summed E-state index contributed by atoms with van der Waals surface area (Å²) < 4.78 is 21.5. The third kappa shape index (κ3) is 6.64. The molecule has 17 heavy (non-hydrogen) atoms. The van der Waals surface area contributed by atoms with Gasteiger partial charge in [0.05, 0.1) is 0 Å². The Kier molecular flexibility index (Phi) is 5.31. The summed E-state index contributed by atoms with van der Waals surface area (Å²) in [4.78, 5) is 35.4. The SMILES string of the molecule is O=P(O)(O)SCc1ccccc1SP(=O)(O)O. The fourth-order valence-electron chi connectivity index (χ4n) is 0.994. The molecule has 4 N–H and O–H groups in total. The lowest BCUT2D eigenvalue weighted by molar-refractivity contribution is 0.395. The van der Waals surface area contributed by atoms with Gasteiger partial charge in [-0.25, -0.2) is 9.13 Å². The van der Waals surface area contributed by atoms with Crippen LogP contribution >= 0.6 is 36.4 Å². The van der Waals surface area contributed by atoms with Gasteiger partial charge in [-0.1, -0.05) is 18.2 Å². The van der Waals surface area contributed by atoms with Gasteiger partial charge in [-0.15, -0.1) is 0 Å². The van der Waals surface area contributed by atoms with Gasteiger partial charge in [0, 0.05) is 10.6 Å². The number of benzene rings is 1. The molecule has 0 aromatic heterocycles. The van der Waals surface area contributed by atoms with Crippen molar-refractivity contribution < 1.29 is 28.7 Å². The third-order valence-corrected chi connectivity index (χ3v) is 5.89. The van der Waals surface area contributed by atoms with Crippen LogP contribution in [0.2, 0.25) is 0 Å². The third-order valence-electron chi connectivity index (χ3n) is 1.58. The Labute approximate surface area is 106 Å². The number of rotatable bonds is 5. The van der Waals surface area contributed by atoms with E-state index < -0.39 is 13.6 Å². The highest BCUT2D eigenvalue weighted by molar-refractivity contribution is 8.55. The normalized spacial score (nSPS) is 12.7. The van der Waals surface area contributed by atoms with Crippen molar-refractivity contribution in [3.63, 3.8) is 0 Å². The Morgan fingerprint density at radius 2 is 1.59 bits per heavy atom. The Morgan fingerprint density at radius 3 is 2.12 bits per heavy atom. The van der Waals surface area contributed by atoms with Crippen molar-refractivity contribution in [3.05, 3.63) is 29.8 Å². The predicted molar refractivity (Wildman–Crippen MR) is 67.7 cm³/mol. The highest BCUT2D eigenvalue weighted by Crippen LogP contribution is 2.57. The van der Waals surface area contributed by atoms with Gasteiger partial charge in [0.15, 0.2) is 0 Å². The van der Waals surface area contributed by atoms with Crippen LogP contribution in [-0.2, 0) is 14.9 Å². The summed E-state index contributed by atoms with van der Waals surface area (Å²) >= 11 is 0.806. The molecular weight excluding hydrogens is 306 g/mol. The summed E-state index contributed by atoms with van der Waals surface area (Å²) in [6.45, 7) is -8.45. The monoisotopic (exact) mass is 316 g/mol. The lowest BCUT2D eigenvalue weighted by Crippen LogP contribution is -1.85. The van der Waals surface area contributed by atoms with Crippen LogP contribution in [0.15, 0.2) is 29.2 Å². The average Bonchev–Trinajstić information content (AvgIpc) is 2.12. The molecule has 0 aliphatic carbocycles. The molecule has 0 fully saturated rings. The van der Waals surface area contributed by atoms with Crippen LogP contribution in [-0.4, -0.2) is 19.6 Å². The van der Waals surface area contributed by atoms with E-state index >= 15 is 0 Å². The molecule has 0 aliphatic rings. The molecule has 0 heterocycles. The van der Waals surface area contributed by atoms with Crippen molar-refractivity contribution in [2.75, 3.05) is 0 Å². The van der Waals surface area contributed by atoms with Gasteiger partial charge in [0.1, 0.15) is 0 Å². The van der Waals surface area contributed by atoms with E-state index in [1.807, 2.05) is 0 Å². The van der Waals surface area contributed by atoms with E-state index in [1.165, 1.54) is 6.07 Å². The molecule has 0 aliphatic heterocycles. The predicted octanol–water partition coefficient (Wildman–Crippen LogP) is 2.20. The van der Waals surface area contributed by atoms with Crippen molar-refractivity contribution >= 4 is 36.4 Å². The highest BCUT2D eigenvalue weighted by Gasteiger charge is 2.20. The maximum atomic E-state index is 10.9. The molecule has 0 amide bonds. The second-order valence-corrected chi connectivity index (χ2v) is 10.3. The van der Waals surface area contributed by atoms with Gasteiger partial charge in [0.25, 0.3) is 0 Å². The minimum absolute atomic E-state index is 0.00650. The van der Waals surface area contributed by atoms with E-state index in [9.17, 15) is 9.13 Å². The lowest BCUT2D eigenvalue weighted by Gasteiger charge is -2.09. The lowest BCUT2D eigenvalue weighted by atomic mass is 10.2. The molecule has 0 unspecified atom stereocenters. The number of hydrogen-bond donors (Lipinski definition) is 4. The molecule has 1 rings (SSSR count). The van der Waals surface area contributed by atoms with E-state index in [0.717, 1.165) is 0 Å². The zero-order chi connectivity index (χ0) is 13.1. The van der Waals surface area contributed by atoms with Gasteiger partial charge >= 0.3 is 13.6 Å². The minimum Gasteiger partial charge on any atom is -0.317 e. The summed E-state index contributed by atoms with van der Waals surface area (Å²) in [6, 6.07) is 6.31. The van der Waals surface area contributed by atoms with E-state index in [4.69, 9.17) is 19.6 Å². The van der Waals surface area contributed by atoms with Gasteiger partial charge in [-0.2, -0.15) is 0 Å². The fourth-order valence-corrected chi connectivity index (χ4v) is 4.52. The highest BCUT2D eigenvalue weighted by atomic mass is 32.7. The van der Waals surface area contributed by atoms with Crippen LogP contribution in [0.4, 0.5) is 0 Å². The molecule has 0 atom stereocenters. The van der Waals surface area contributed by atoms with Crippen LogP contribution < -0.4 is 0 Å². The summed E-state index contributed by atoms with van der Waals surface area (Å²) in [7, 11) is 0. The second kappa shape index (κ2) is 5.91. The molecule has 0 spiro atoms. The van der Waals surface area contributed by atoms with Crippen LogP contribution in [0, 0.1) is 0 Å². The van der Waals surface area contributed by atoms with Crippen LogP contribution in [0.3, 0.4) is 0 Å². The first-order chi connectivity index (χ1) is 7.67. The first-order valence-corrected chi connectivity index (χ1v) is 10.4. The first-order valence-electron chi connectivity index (χ1n) is 4.20. The Morgan fingerprint density at radius 1 is 1.00 bits per heavy atom. The first kappa shape index (κ1) is 15.3. The molecule has 0 radical (unpaired) electrons. The van der Waals surface area contributed by atoms with Crippen molar-refractivity contribution in [1.29, 1.82) is 0 Å². The minimum atomic E-state index is -4.27. The topological polar surface area (TPSA) is 115 Å². The quantitative estimate of drug-likeness (QED) is 0.611. The van der Waals surface area contributed by atoms with Crippen molar-refractivity contribution in [2.45, 2.75) is 10.6 Å².